The van der Waals surface area contributed by atoms with E-state index in [0.29, 0.717) is 19.0 Å². The molecular weight excluding hydrogens is 406 g/mol. The van der Waals surface area contributed by atoms with Crippen molar-refractivity contribution in [3.8, 4) is 0 Å². The predicted octanol–water partition coefficient (Wildman–Crippen LogP) is 4.65. The number of guanidine groups is 1. The molecule has 2 aromatic rings. The van der Waals surface area contributed by atoms with Crippen molar-refractivity contribution in [1.82, 2.24) is 15.2 Å². The van der Waals surface area contributed by atoms with E-state index >= 15 is 0 Å². The Morgan fingerprint density at radius 3 is 2.60 bits per heavy atom. The number of rotatable bonds is 7. The summed E-state index contributed by atoms with van der Waals surface area (Å²) in [6.45, 7) is 2.98. The first kappa shape index (κ1) is 22.6. The molecule has 1 aliphatic rings. The van der Waals surface area contributed by atoms with Crippen molar-refractivity contribution in [2.45, 2.75) is 50.7 Å². The van der Waals surface area contributed by atoms with Gasteiger partial charge in [0.05, 0.1) is 12.2 Å². The maximum absolute atomic E-state index is 14.6. The van der Waals surface area contributed by atoms with Crippen LogP contribution in [0.15, 0.2) is 28.6 Å². The van der Waals surface area contributed by atoms with Crippen LogP contribution in [0.3, 0.4) is 0 Å². The van der Waals surface area contributed by atoms with Gasteiger partial charge in [0.25, 0.3) is 0 Å². The summed E-state index contributed by atoms with van der Waals surface area (Å²) in [5.74, 6) is -0.263. The summed E-state index contributed by atoms with van der Waals surface area (Å²) in [4.78, 5) is 11.0. The molecule has 1 atom stereocenters. The zero-order valence-electron chi connectivity index (χ0n) is 18.0. The number of benzene rings is 1. The van der Waals surface area contributed by atoms with Gasteiger partial charge in [-0.2, -0.15) is 0 Å². The molecule has 30 heavy (non-hydrogen) atoms. The zero-order valence-corrected chi connectivity index (χ0v) is 18.9. The van der Waals surface area contributed by atoms with E-state index in [4.69, 9.17) is 4.74 Å². The molecule has 0 aliphatic heterocycles. The third kappa shape index (κ3) is 4.81. The van der Waals surface area contributed by atoms with Crippen LogP contribution in [0, 0.1) is 11.6 Å². The van der Waals surface area contributed by atoms with Gasteiger partial charge in [-0.1, -0.05) is 18.9 Å². The van der Waals surface area contributed by atoms with Crippen molar-refractivity contribution in [3.63, 3.8) is 0 Å². The van der Waals surface area contributed by atoms with Crippen LogP contribution >= 0.6 is 11.3 Å². The predicted molar refractivity (Wildman–Crippen MR) is 117 cm³/mol. The van der Waals surface area contributed by atoms with Gasteiger partial charge in [-0.3, -0.25) is 4.99 Å². The first-order chi connectivity index (χ1) is 14.4. The van der Waals surface area contributed by atoms with Crippen LogP contribution in [0.2, 0.25) is 0 Å². The Balaban J connectivity index is 1.71. The number of halogens is 2. The molecule has 1 N–H and O–H groups in total. The highest BCUT2D eigenvalue weighted by Crippen LogP contribution is 2.42. The van der Waals surface area contributed by atoms with Gasteiger partial charge in [0.2, 0.25) is 0 Å². The number of ether oxygens (including phenoxy) is 1. The second-order valence-electron chi connectivity index (χ2n) is 7.90. The van der Waals surface area contributed by atoms with Crippen LogP contribution in [-0.2, 0) is 16.7 Å². The van der Waals surface area contributed by atoms with Crippen molar-refractivity contribution in [1.29, 1.82) is 0 Å². The van der Waals surface area contributed by atoms with Gasteiger partial charge in [0, 0.05) is 44.1 Å². The minimum atomic E-state index is -0.562. The number of nitrogens with zero attached hydrogens (tertiary/aromatic N) is 3. The average molecular weight is 437 g/mol. The molecule has 0 saturated heterocycles. The van der Waals surface area contributed by atoms with Crippen LogP contribution in [0.5, 0.6) is 0 Å². The number of aliphatic imine (C=N–C) groups is 1. The molecule has 3 rings (SSSR count). The SMILES string of the molecule is CN=C(NCC1(c2c(F)cccc2F)CCCC1)N(C)Cc1csc(C(C)OC)n1. The van der Waals surface area contributed by atoms with Crippen molar-refractivity contribution in [2.75, 3.05) is 27.7 Å². The van der Waals surface area contributed by atoms with E-state index in [1.165, 1.54) is 18.2 Å². The molecule has 0 bridgehead atoms. The van der Waals surface area contributed by atoms with Gasteiger partial charge in [-0.25, -0.2) is 13.8 Å². The van der Waals surface area contributed by atoms with E-state index in [9.17, 15) is 8.78 Å². The van der Waals surface area contributed by atoms with Crippen molar-refractivity contribution < 1.29 is 13.5 Å². The summed E-state index contributed by atoms with van der Waals surface area (Å²) >= 11 is 1.57. The molecule has 1 heterocycles. The highest BCUT2D eigenvalue weighted by Gasteiger charge is 2.40. The molecule has 8 heteroatoms. The van der Waals surface area contributed by atoms with Crippen LogP contribution in [0.4, 0.5) is 8.78 Å². The lowest BCUT2D eigenvalue weighted by Gasteiger charge is -2.32. The van der Waals surface area contributed by atoms with Crippen LogP contribution in [0.1, 0.15) is 55.0 Å². The normalized spacial score (nSPS) is 17.2. The second-order valence-corrected chi connectivity index (χ2v) is 8.79. The molecule has 1 aromatic heterocycles. The minimum Gasteiger partial charge on any atom is -0.375 e. The molecule has 1 unspecified atom stereocenters. The fourth-order valence-electron chi connectivity index (χ4n) is 4.21. The van der Waals surface area contributed by atoms with Crippen molar-refractivity contribution >= 4 is 17.3 Å². The van der Waals surface area contributed by atoms with Crippen LogP contribution < -0.4 is 5.32 Å². The van der Waals surface area contributed by atoms with Crippen LogP contribution in [-0.4, -0.2) is 43.6 Å². The first-order valence-corrected chi connectivity index (χ1v) is 11.1. The molecule has 0 radical (unpaired) electrons. The fraction of sp³-hybridized carbons (Fsp3) is 0.545. The van der Waals surface area contributed by atoms with Gasteiger partial charge in [0.1, 0.15) is 22.7 Å². The largest absolute Gasteiger partial charge is 0.375 e. The third-order valence-corrected chi connectivity index (χ3v) is 6.94. The summed E-state index contributed by atoms with van der Waals surface area (Å²) in [5.41, 5.74) is 0.569. The summed E-state index contributed by atoms with van der Waals surface area (Å²) in [7, 11) is 5.31. The van der Waals surface area contributed by atoms with E-state index in [0.717, 1.165) is 36.4 Å². The molecule has 164 valence electrons. The number of methoxy groups -OCH3 is 1. The Morgan fingerprint density at radius 1 is 1.33 bits per heavy atom. The topological polar surface area (TPSA) is 49.8 Å². The molecule has 0 amide bonds. The molecule has 5 nitrogen and oxygen atoms in total. The van der Waals surface area contributed by atoms with Crippen molar-refractivity contribution in [2.24, 2.45) is 4.99 Å². The number of thiazole rings is 1. The van der Waals surface area contributed by atoms with Gasteiger partial charge >= 0.3 is 0 Å². The Labute approximate surface area is 181 Å². The number of nitrogens with one attached hydrogen (secondary N) is 1. The fourth-order valence-corrected chi connectivity index (χ4v) is 5.05. The lowest BCUT2D eigenvalue weighted by Crippen LogP contribution is -2.45. The number of hydrogen-bond donors (Lipinski definition) is 1. The standard InChI is InChI=1S/C22H30F2N4OS/c1-15(29-4)20-27-16(13-30-20)12-28(3)21(25-2)26-14-22(10-5-6-11-22)19-17(23)8-7-9-18(19)24/h7-9,13,15H,5-6,10-12,14H2,1-4H3,(H,25,26). The molecule has 1 aromatic carbocycles. The summed E-state index contributed by atoms with van der Waals surface area (Å²) in [6.07, 6.45) is 3.39. The minimum absolute atomic E-state index is 0.0376. The molecule has 1 fully saturated rings. The van der Waals surface area contributed by atoms with E-state index < -0.39 is 17.0 Å². The summed E-state index contributed by atoms with van der Waals surface area (Å²) in [5, 5.41) is 6.31. The highest BCUT2D eigenvalue weighted by atomic mass is 32.1. The lowest BCUT2D eigenvalue weighted by molar-refractivity contribution is 0.119. The van der Waals surface area contributed by atoms with E-state index in [1.807, 2.05) is 24.3 Å². The quantitative estimate of drug-likeness (QED) is 0.507. The van der Waals surface area contributed by atoms with Crippen molar-refractivity contribution in [3.05, 3.63) is 51.5 Å². The molecule has 0 spiro atoms. The Morgan fingerprint density at radius 2 is 2.00 bits per heavy atom. The average Bonchev–Trinajstić information content (AvgIpc) is 3.38. The number of hydrogen-bond acceptors (Lipinski definition) is 4. The summed E-state index contributed by atoms with van der Waals surface area (Å²) < 4.78 is 34.5. The van der Waals surface area contributed by atoms with Crippen LogP contribution in [0.25, 0.3) is 0 Å². The maximum Gasteiger partial charge on any atom is 0.193 e. The Hall–Kier alpha value is -2.06. The zero-order chi connectivity index (χ0) is 21.7. The number of aromatic nitrogens is 1. The highest BCUT2D eigenvalue weighted by molar-refractivity contribution is 7.09. The summed E-state index contributed by atoms with van der Waals surface area (Å²) in [6, 6.07) is 4.12. The van der Waals surface area contributed by atoms with Gasteiger partial charge < -0.3 is 15.0 Å². The third-order valence-electron chi connectivity index (χ3n) is 5.88. The smallest absolute Gasteiger partial charge is 0.193 e. The lowest BCUT2D eigenvalue weighted by atomic mass is 9.78. The first-order valence-electron chi connectivity index (χ1n) is 10.2. The van der Waals surface area contributed by atoms with Gasteiger partial charge in [0.15, 0.2) is 5.96 Å². The monoisotopic (exact) mass is 436 g/mol. The van der Waals surface area contributed by atoms with E-state index in [-0.39, 0.29) is 11.7 Å². The van der Waals surface area contributed by atoms with Gasteiger partial charge in [-0.05, 0) is 31.9 Å². The van der Waals surface area contributed by atoms with E-state index in [1.54, 1.807) is 25.5 Å². The Bertz CT molecular complexity index is 860. The molecular formula is C22H30F2N4OS. The van der Waals surface area contributed by atoms with E-state index in [2.05, 4.69) is 15.3 Å². The molecule has 1 saturated carbocycles. The molecule has 1 aliphatic carbocycles. The van der Waals surface area contributed by atoms with Gasteiger partial charge in [-0.15, -0.1) is 11.3 Å². The second kappa shape index (κ2) is 9.83. The Kier molecular flexibility index (Phi) is 7.41. The maximum atomic E-state index is 14.6.